The molecule has 0 saturated heterocycles. The van der Waals surface area contributed by atoms with Crippen molar-refractivity contribution in [2.45, 2.75) is 17.7 Å². The van der Waals surface area contributed by atoms with Crippen molar-refractivity contribution in [3.8, 4) is 0 Å². The van der Waals surface area contributed by atoms with E-state index in [-0.39, 0.29) is 23.8 Å². The second kappa shape index (κ2) is 7.44. The first kappa shape index (κ1) is 18.2. The third kappa shape index (κ3) is 3.25. The number of hydrogen-bond donors (Lipinski definition) is 3. The van der Waals surface area contributed by atoms with E-state index in [4.69, 9.17) is 23.2 Å². The van der Waals surface area contributed by atoms with Crippen molar-refractivity contribution in [2.75, 3.05) is 12.4 Å². The van der Waals surface area contributed by atoms with Gasteiger partial charge in [0.25, 0.3) is 5.91 Å². The molecule has 2 atom stereocenters. The maximum absolute atomic E-state index is 12.8. The fourth-order valence-electron chi connectivity index (χ4n) is 3.36. The number of amides is 1. The number of thioether (sulfide) groups is 1. The molecule has 3 aromatic rings. The Morgan fingerprint density at radius 1 is 1.38 bits per heavy atom. The second-order valence-corrected chi connectivity index (χ2v) is 9.39. The van der Waals surface area contributed by atoms with Gasteiger partial charge in [0.15, 0.2) is 0 Å². The topological polar surface area (TPSA) is 65.1 Å². The number of aromatic nitrogens is 1. The Morgan fingerprint density at radius 2 is 2.19 bits per heavy atom. The first-order valence-electron chi connectivity index (χ1n) is 8.16. The molecule has 1 aromatic carbocycles. The van der Waals surface area contributed by atoms with Gasteiger partial charge in [0.05, 0.1) is 27.1 Å². The fourth-order valence-corrected chi connectivity index (χ4v) is 6.00. The summed E-state index contributed by atoms with van der Waals surface area (Å²) in [6.07, 6.45) is 0.784. The number of aliphatic hydroxyl groups is 1. The molecule has 4 nitrogen and oxygen atoms in total. The third-order valence-corrected chi connectivity index (χ3v) is 7.78. The highest BCUT2D eigenvalue weighted by Crippen LogP contribution is 2.42. The Kier molecular flexibility index (Phi) is 5.21. The highest BCUT2D eigenvalue weighted by molar-refractivity contribution is 7.99. The first-order valence-corrected chi connectivity index (χ1v) is 10.8. The smallest absolute Gasteiger partial charge is 0.268 e. The van der Waals surface area contributed by atoms with Crippen LogP contribution in [0.15, 0.2) is 30.3 Å². The molecule has 3 N–H and O–H groups in total. The van der Waals surface area contributed by atoms with Gasteiger partial charge in [0.2, 0.25) is 0 Å². The van der Waals surface area contributed by atoms with E-state index >= 15 is 0 Å². The zero-order valence-corrected chi connectivity index (χ0v) is 16.7. The minimum absolute atomic E-state index is 0.0168. The second-order valence-electron chi connectivity index (χ2n) is 6.11. The van der Waals surface area contributed by atoms with Gasteiger partial charge in [-0.15, -0.1) is 23.1 Å². The molecule has 0 radical (unpaired) electrons. The summed E-state index contributed by atoms with van der Waals surface area (Å²) in [5.74, 6) is 0.477. The van der Waals surface area contributed by atoms with Gasteiger partial charge in [0.1, 0.15) is 10.0 Å². The van der Waals surface area contributed by atoms with Crippen molar-refractivity contribution in [1.82, 2.24) is 10.3 Å². The highest BCUT2D eigenvalue weighted by atomic mass is 35.5. The number of thiophene rings is 1. The van der Waals surface area contributed by atoms with E-state index in [1.54, 1.807) is 17.8 Å². The summed E-state index contributed by atoms with van der Waals surface area (Å²) in [5, 5.41) is 12.9. The van der Waals surface area contributed by atoms with Crippen LogP contribution in [0.25, 0.3) is 10.2 Å². The first-order chi connectivity index (χ1) is 12.6. The number of aliphatic hydroxyl groups excluding tert-OH is 1. The molecule has 4 rings (SSSR count). The Hall–Kier alpha value is -1.18. The van der Waals surface area contributed by atoms with Crippen LogP contribution in [0.1, 0.15) is 26.9 Å². The van der Waals surface area contributed by atoms with Crippen molar-refractivity contribution in [1.29, 1.82) is 0 Å². The van der Waals surface area contributed by atoms with Crippen molar-refractivity contribution in [2.24, 2.45) is 0 Å². The molecule has 0 unspecified atom stereocenters. The van der Waals surface area contributed by atoms with Gasteiger partial charge >= 0.3 is 0 Å². The molecule has 8 heteroatoms. The lowest BCUT2D eigenvalue weighted by Gasteiger charge is -2.21. The molecular formula is C18H16Cl2N2O2S2. The molecular weight excluding hydrogens is 411 g/mol. The average Bonchev–Trinajstić information content (AvgIpc) is 3.27. The number of hydrogen-bond acceptors (Lipinski definition) is 4. The SMILES string of the molecule is O=C(N[C@@H]1Cc2ccccc2[C@H]1SCCO)c1cc2sc(Cl)c(Cl)c2[nH]1. The van der Waals surface area contributed by atoms with E-state index in [2.05, 4.69) is 22.4 Å². The Morgan fingerprint density at radius 3 is 2.96 bits per heavy atom. The van der Waals surface area contributed by atoms with Crippen molar-refractivity contribution < 1.29 is 9.90 Å². The molecule has 1 aliphatic rings. The number of benzene rings is 1. The molecule has 0 spiro atoms. The van der Waals surface area contributed by atoms with E-state index in [9.17, 15) is 9.90 Å². The van der Waals surface area contributed by atoms with E-state index in [1.807, 2.05) is 12.1 Å². The van der Waals surface area contributed by atoms with Gasteiger partial charge in [-0.3, -0.25) is 4.79 Å². The van der Waals surface area contributed by atoms with Crippen LogP contribution in [0, 0.1) is 0 Å². The fraction of sp³-hybridized carbons (Fsp3) is 0.278. The molecule has 1 amide bonds. The van der Waals surface area contributed by atoms with Gasteiger partial charge in [-0.1, -0.05) is 47.5 Å². The average molecular weight is 427 g/mol. The summed E-state index contributed by atoms with van der Waals surface area (Å²) >= 11 is 15.2. The lowest BCUT2D eigenvalue weighted by Crippen LogP contribution is -2.37. The standard InChI is InChI=1S/C18H16Cl2N2O2S2/c19-14-15-13(26-17(14)20)8-12(21-15)18(24)22-11-7-9-3-1-2-4-10(9)16(11)25-6-5-23/h1-4,8,11,16,21,23H,5-7H2,(H,22,24)/t11-,16-/m1/s1. The van der Waals surface area contributed by atoms with E-state index in [1.165, 1.54) is 22.5 Å². The minimum Gasteiger partial charge on any atom is -0.396 e. The number of nitrogens with one attached hydrogen (secondary N) is 2. The number of fused-ring (bicyclic) bond motifs is 2. The summed E-state index contributed by atoms with van der Waals surface area (Å²) in [6, 6.07) is 9.99. The van der Waals surface area contributed by atoms with E-state index in [0.717, 1.165) is 11.1 Å². The summed E-state index contributed by atoms with van der Waals surface area (Å²) in [7, 11) is 0. The Bertz CT molecular complexity index is 969. The molecule has 1 aliphatic carbocycles. The maximum Gasteiger partial charge on any atom is 0.268 e. The van der Waals surface area contributed by atoms with Gasteiger partial charge < -0.3 is 15.4 Å². The zero-order chi connectivity index (χ0) is 18.3. The molecule has 2 aromatic heterocycles. The third-order valence-electron chi connectivity index (χ3n) is 4.49. The summed E-state index contributed by atoms with van der Waals surface area (Å²) in [6.45, 7) is 0.121. The molecule has 136 valence electrons. The molecule has 0 fully saturated rings. The van der Waals surface area contributed by atoms with Crippen molar-refractivity contribution in [3.05, 3.63) is 56.5 Å². The molecule has 2 heterocycles. The van der Waals surface area contributed by atoms with Crippen molar-refractivity contribution in [3.63, 3.8) is 0 Å². The van der Waals surface area contributed by atoms with Gasteiger partial charge in [-0.05, 0) is 23.6 Å². The molecule has 0 bridgehead atoms. The number of aromatic amines is 1. The number of H-pyrrole nitrogens is 1. The van der Waals surface area contributed by atoms with Crippen LogP contribution in [0.3, 0.4) is 0 Å². The normalized spacial score (nSPS) is 19.0. The van der Waals surface area contributed by atoms with Gasteiger partial charge in [-0.2, -0.15) is 0 Å². The Balaban J connectivity index is 1.55. The lowest BCUT2D eigenvalue weighted by atomic mass is 10.1. The van der Waals surface area contributed by atoms with Crippen LogP contribution in [-0.2, 0) is 6.42 Å². The predicted molar refractivity (Wildman–Crippen MR) is 110 cm³/mol. The predicted octanol–water partition coefficient (Wildman–Crippen LogP) is 4.66. The van der Waals surface area contributed by atoms with Crippen LogP contribution >= 0.6 is 46.3 Å². The summed E-state index contributed by atoms with van der Waals surface area (Å²) in [4.78, 5) is 15.8. The highest BCUT2D eigenvalue weighted by Gasteiger charge is 2.34. The van der Waals surface area contributed by atoms with E-state index < -0.39 is 0 Å². The molecule has 0 saturated carbocycles. The largest absolute Gasteiger partial charge is 0.396 e. The van der Waals surface area contributed by atoms with Crippen LogP contribution in [0.5, 0.6) is 0 Å². The number of halogens is 2. The van der Waals surface area contributed by atoms with Crippen molar-refractivity contribution >= 4 is 62.4 Å². The summed E-state index contributed by atoms with van der Waals surface area (Å²) < 4.78 is 1.39. The van der Waals surface area contributed by atoms with Crippen LogP contribution < -0.4 is 5.32 Å². The maximum atomic E-state index is 12.8. The zero-order valence-electron chi connectivity index (χ0n) is 13.6. The van der Waals surface area contributed by atoms with E-state index in [0.29, 0.717) is 26.3 Å². The van der Waals surface area contributed by atoms with Gasteiger partial charge in [-0.25, -0.2) is 0 Å². The van der Waals surface area contributed by atoms with Crippen LogP contribution in [0.2, 0.25) is 9.36 Å². The summed E-state index contributed by atoms with van der Waals surface area (Å²) in [5.41, 5.74) is 3.66. The number of rotatable bonds is 5. The monoisotopic (exact) mass is 426 g/mol. The lowest BCUT2D eigenvalue weighted by molar-refractivity contribution is 0.0934. The van der Waals surface area contributed by atoms with Crippen LogP contribution in [0.4, 0.5) is 0 Å². The number of carbonyl (C=O) groups excluding carboxylic acids is 1. The number of carbonyl (C=O) groups is 1. The van der Waals surface area contributed by atoms with Crippen LogP contribution in [-0.4, -0.2) is 34.4 Å². The minimum atomic E-state index is -0.159. The molecule has 0 aliphatic heterocycles. The molecule has 26 heavy (non-hydrogen) atoms. The quantitative estimate of drug-likeness (QED) is 0.555. The Labute approximate surface area is 168 Å². The van der Waals surface area contributed by atoms with Gasteiger partial charge in [0, 0.05) is 11.8 Å².